The van der Waals surface area contributed by atoms with E-state index in [0.717, 1.165) is 30.5 Å². The molecule has 3 nitrogen and oxygen atoms in total. The SMILES string of the molecule is CC[C@@H](C(=O)NC1CCCCC1)c1ccc(N)cc1. The van der Waals surface area contributed by atoms with Crippen molar-refractivity contribution >= 4 is 11.6 Å². The van der Waals surface area contributed by atoms with Crippen molar-refractivity contribution in [2.75, 3.05) is 5.73 Å². The third kappa shape index (κ3) is 3.72. The van der Waals surface area contributed by atoms with Crippen molar-refractivity contribution in [3.8, 4) is 0 Å². The van der Waals surface area contributed by atoms with Gasteiger partial charge in [0, 0.05) is 11.7 Å². The summed E-state index contributed by atoms with van der Waals surface area (Å²) < 4.78 is 0. The van der Waals surface area contributed by atoms with Gasteiger partial charge in [-0.05, 0) is 37.0 Å². The summed E-state index contributed by atoms with van der Waals surface area (Å²) >= 11 is 0. The van der Waals surface area contributed by atoms with Crippen LogP contribution in [0, 0.1) is 0 Å². The van der Waals surface area contributed by atoms with Crippen LogP contribution in [0.2, 0.25) is 0 Å². The summed E-state index contributed by atoms with van der Waals surface area (Å²) in [7, 11) is 0. The summed E-state index contributed by atoms with van der Waals surface area (Å²) in [6, 6.07) is 8.04. The Labute approximate surface area is 115 Å². The highest BCUT2D eigenvalue weighted by molar-refractivity contribution is 5.84. The van der Waals surface area contributed by atoms with E-state index < -0.39 is 0 Å². The smallest absolute Gasteiger partial charge is 0.227 e. The fourth-order valence-corrected chi connectivity index (χ4v) is 2.85. The van der Waals surface area contributed by atoms with Crippen LogP contribution in [0.5, 0.6) is 0 Å². The highest BCUT2D eigenvalue weighted by Gasteiger charge is 2.22. The van der Waals surface area contributed by atoms with Gasteiger partial charge in [-0.25, -0.2) is 0 Å². The molecule has 1 saturated carbocycles. The fraction of sp³-hybridized carbons (Fsp3) is 0.562. The van der Waals surface area contributed by atoms with Crippen LogP contribution >= 0.6 is 0 Å². The molecule has 0 aliphatic heterocycles. The van der Waals surface area contributed by atoms with Crippen LogP contribution in [-0.4, -0.2) is 11.9 Å². The predicted octanol–water partition coefficient (Wildman–Crippen LogP) is 3.21. The van der Waals surface area contributed by atoms with Crippen LogP contribution in [0.1, 0.15) is 56.9 Å². The molecule has 0 saturated heterocycles. The summed E-state index contributed by atoms with van der Waals surface area (Å²) in [5, 5.41) is 3.21. The quantitative estimate of drug-likeness (QED) is 0.817. The molecule has 0 heterocycles. The van der Waals surface area contributed by atoms with E-state index >= 15 is 0 Å². The number of benzene rings is 1. The number of carbonyl (C=O) groups excluding carboxylic acids is 1. The second kappa shape index (κ2) is 6.60. The lowest BCUT2D eigenvalue weighted by Crippen LogP contribution is -2.39. The largest absolute Gasteiger partial charge is 0.399 e. The molecule has 104 valence electrons. The average Bonchev–Trinajstić information content (AvgIpc) is 2.43. The van der Waals surface area contributed by atoms with E-state index in [-0.39, 0.29) is 11.8 Å². The maximum absolute atomic E-state index is 12.4. The normalized spacial score (nSPS) is 17.9. The Bertz CT molecular complexity index is 407. The van der Waals surface area contributed by atoms with Gasteiger partial charge in [0.05, 0.1) is 5.92 Å². The zero-order valence-corrected chi connectivity index (χ0v) is 11.7. The molecule has 3 N–H and O–H groups in total. The molecule has 0 aromatic heterocycles. The molecular formula is C16H24N2O. The Morgan fingerprint density at radius 1 is 1.26 bits per heavy atom. The van der Waals surface area contributed by atoms with Crippen LogP contribution in [0.15, 0.2) is 24.3 Å². The molecule has 2 rings (SSSR count). The summed E-state index contributed by atoms with van der Waals surface area (Å²) in [5.41, 5.74) is 7.50. The summed E-state index contributed by atoms with van der Waals surface area (Å²) in [5.74, 6) is 0.113. The molecule has 1 amide bonds. The van der Waals surface area contributed by atoms with Gasteiger partial charge >= 0.3 is 0 Å². The molecule has 1 aromatic rings. The number of hydrogen-bond acceptors (Lipinski definition) is 2. The number of hydrogen-bond donors (Lipinski definition) is 2. The maximum Gasteiger partial charge on any atom is 0.227 e. The first-order valence-corrected chi connectivity index (χ1v) is 7.36. The molecule has 19 heavy (non-hydrogen) atoms. The second-order valence-electron chi connectivity index (χ2n) is 5.47. The predicted molar refractivity (Wildman–Crippen MR) is 78.9 cm³/mol. The lowest BCUT2D eigenvalue weighted by Gasteiger charge is -2.25. The summed E-state index contributed by atoms with van der Waals surface area (Å²) in [6.45, 7) is 2.06. The maximum atomic E-state index is 12.4. The van der Waals surface area contributed by atoms with Gasteiger partial charge in [0.1, 0.15) is 0 Å². The second-order valence-corrected chi connectivity index (χ2v) is 5.47. The highest BCUT2D eigenvalue weighted by Crippen LogP contribution is 2.23. The van der Waals surface area contributed by atoms with Crippen molar-refractivity contribution in [3.63, 3.8) is 0 Å². The van der Waals surface area contributed by atoms with Crippen molar-refractivity contribution in [1.82, 2.24) is 5.32 Å². The molecule has 1 aliphatic carbocycles. The first kappa shape index (κ1) is 13.9. The van der Waals surface area contributed by atoms with Crippen LogP contribution in [0.25, 0.3) is 0 Å². The van der Waals surface area contributed by atoms with Gasteiger partial charge in [0.15, 0.2) is 0 Å². The minimum absolute atomic E-state index is 0.0532. The van der Waals surface area contributed by atoms with Crippen molar-refractivity contribution in [2.45, 2.75) is 57.4 Å². The third-order valence-electron chi connectivity index (χ3n) is 4.02. The molecular weight excluding hydrogens is 236 g/mol. The molecule has 1 fully saturated rings. The number of nitrogens with two attached hydrogens (primary N) is 1. The van der Waals surface area contributed by atoms with Crippen LogP contribution in [-0.2, 0) is 4.79 Å². The standard InChI is InChI=1S/C16H24N2O/c1-2-15(12-8-10-13(17)11-9-12)16(19)18-14-6-4-3-5-7-14/h8-11,14-15H,2-7,17H2,1H3,(H,18,19)/t15-/m1/s1. The van der Waals surface area contributed by atoms with Crippen molar-refractivity contribution < 1.29 is 4.79 Å². The lowest BCUT2D eigenvalue weighted by atomic mass is 9.92. The Morgan fingerprint density at radius 3 is 2.47 bits per heavy atom. The minimum atomic E-state index is -0.0532. The molecule has 1 aromatic carbocycles. The van der Waals surface area contributed by atoms with Crippen LogP contribution in [0.3, 0.4) is 0 Å². The average molecular weight is 260 g/mol. The van der Waals surface area contributed by atoms with E-state index in [1.54, 1.807) is 0 Å². The number of anilines is 1. The van der Waals surface area contributed by atoms with Crippen LogP contribution in [0.4, 0.5) is 5.69 Å². The molecule has 1 atom stereocenters. The zero-order chi connectivity index (χ0) is 13.7. The highest BCUT2D eigenvalue weighted by atomic mass is 16.1. The van der Waals surface area contributed by atoms with Gasteiger partial charge in [-0.1, -0.05) is 38.3 Å². The third-order valence-corrected chi connectivity index (χ3v) is 4.02. The minimum Gasteiger partial charge on any atom is -0.399 e. The number of amides is 1. The van der Waals surface area contributed by atoms with Gasteiger partial charge in [0.25, 0.3) is 0 Å². The number of rotatable bonds is 4. The first-order chi connectivity index (χ1) is 9.20. The monoisotopic (exact) mass is 260 g/mol. The Kier molecular flexibility index (Phi) is 4.83. The molecule has 1 aliphatic rings. The molecule has 0 bridgehead atoms. The van der Waals surface area contributed by atoms with Gasteiger partial charge in [0.2, 0.25) is 5.91 Å². The van der Waals surface area contributed by atoms with E-state index in [2.05, 4.69) is 12.2 Å². The van der Waals surface area contributed by atoms with E-state index in [1.807, 2.05) is 24.3 Å². The topological polar surface area (TPSA) is 55.1 Å². The number of nitrogen functional groups attached to an aromatic ring is 1. The number of carbonyl (C=O) groups is 1. The van der Waals surface area contributed by atoms with Gasteiger partial charge in [-0.2, -0.15) is 0 Å². The van der Waals surface area contributed by atoms with Crippen molar-refractivity contribution in [2.24, 2.45) is 0 Å². The van der Waals surface area contributed by atoms with Gasteiger partial charge < -0.3 is 11.1 Å². The number of nitrogens with one attached hydrogen (secondary N) is 1. The summed E-state index contributed by atoms with van der Waals surface area (Å²) in [4.78, 5) is 12.4. The van der Waals surface area contributed by atoms with E-state index in [0.29, 0.717) is 6.04 Å². The molecule has 0 radical (unpaired) electrons. The van der Waals surface area contributed by atoms with Gasteiger partial charge in [-0.3, -0.25) is 4.79 Å². The van der Waals surface area contributed by atoms with E-state index in [4.69, 9.17) is 5.73 Å². The Morgan fingerprint density at radius 2 is 1.89 bits per heavy atom. The van der Waals surface area contributed by atoms with Crippen molar-refractivity contribution in [3.05, 3.63) is 29.8 Å². The molecule has 0 unspecified atom stereocenters. The van der Waals surface area contributed by atoms with E-state index in [9.17, 15) is 4.79 Å². The lowest BCUT2D eigenvalue weighted by molar-refractivity contribution is -0.123. The van der Waals surface area contributed by atoms with Crippen LogP contribution < -0.4 is 11.1 Å². The fourth-order valence-electron chi connectivity index (χ4n) is 2.85. The van der Waals surface area contributed by atoms with E-state index in [1.165, 1.54) is 19.3 Å². The summed E-state index contributed by atoms with van der Waals surface area (Å²) in [6.07, 6.45) is 6.87. The first-order valence-electron chi connectivity index (χ1n) is 7.36. The Hall–Kier alpha value is -1.51. The molecule has 3 heteroatoms. The Balaban J connectivity index is 2.00. The zero-order valence-electron chi connectivity index (χ0n) is 11.7. The molecule has 0 spiro atoms. The van der Waals surface area contributed by atoms with Crippen molar-refractivity contribution in [1.29, 1.82) is 0 Å². The van der Waals surface area contributed by atoms with Gasteiger partial charge in [-0.15, -0.1) is 0 Å².